The molecule has 2 fully saturated rings. The molecule has 0 aliphatic carbocycles. The standard InChI is InChI=1S/C13H15F2N3O2/c14-12(15)7-1-4-11(16-6-7)17-9-5-8-2-3-10(9)18(8)13(19)20/h1,4,6,8-10,12H,2-3,5H2,(H,16,17)(H,19,20). The predicted octanol–water partition coefficient (Wildman–Crippen LogP) is 2.71. The summed E-state index contributed by atoms with van der Waals surface area (Å²) in [7, 11) is 0. The van der Waals surface area contributed by atoms with Gasteiger partial charge in [0.2, 0.25) is 0 Å². The van der Waals surface area contributed by atoms with Crippen molar-refractivity contribution < 1.29 is 18.7 Å². The Morgan fingerprint density at radius 2 is 2.25 bits per heavy atom. The number of alkyl halides is 2. The average Bonchev–Trinajstić information content (AvgIpc) is 2.96. The Hall–Kier alpha value is -1.92. The number of amides is 1. The van der Waals surface area contributed by atoms with E-state index in [0.29, 0.717) is 5.82 Å². The molecule has 3 unspecified atom stereocenters. The van der Waals surface area contributed by atoms with E-state index in [1.807, 2.05) is 0 Å². The molecule has 2 N–H and O–H groups in total. The largest absolute Gasteiger partial charge is 0.465 e. The van der Waals surface area contributed by atoms with Crippen LogP contribution in [0.2, 0.25) is 0 Å². The van der Waals surface area contributed by atoms with E-state index in [0.717, 1.165) is 25.5 Å². The molecule has 0 saturated carbocycles. The summed E-state index contributed by atoms with van der Waals surface area (Å²) in [6, 6.07) is 2.87. The van der Waals surface area contributed by atoms with E-state index in [-0.39, 0.29) is 23.7 Å². The van der Waals surface area contributed by atoms with Gasteiger partial charge in [-0.15, -0.1) is 0 Å². The Labute approximate surface area is 114 Å². The molecule has 1 aromatic heterocycles. The van der Waals surface area contributed by atoms with Crippen LogP contribution in [0.1, 0.15) is 31.3 Å². The van der Waals surface area contributed by atoms with Crippen LogP contribution in [0.4, 0.5) is 19.4 Å². The number of halogens is 2. The average molecular weight is 283 g/mol. The fourth-order valence-corrected chi connectivity index (χ4v) is 3.25. The molecule has 108 valence electrons. The SMILES string of the molecule is O=C(O)N1C2CCC1C(Nc1ccc(C(F)F)cn1)C2. The van der Waals surface area contributed by atoms with Crippen LogP contribution in [0.25, 0.3) is 0 Å². The van der Waals surface area contributed by atoms with Crippen LogP contribution in [-0.2, 0) is 0 Å². The Balaban J connectivity index is 1.69. The molecule has 2 bridgehead atoms. The van der Waals surface area contributed by atoms with Crippen molar-refractivity contribution in [1.29, 1.82) is 0 Å². The summed E-state index contributed by atoms with van der Waals surface area (Å²) in [6.45, 7) is 0. The minimum atomic E-state index is -2.53. The molecule has 2 aliphatic heterocycles. The van der Waals surface area contributed by atoms with Crippen LogP contribution in [0.3, 0.4) is 0 Å². The van der Waals surface area contributed by atoms with Crippen molar-refractivity contribution in [2.75, 3.05) is 5.32 Å². The molecule has 20 heavy (non-hydrogen) atoms. The van der Waals surface area contributed by atoms with Gasteiger partial charge in [-0.05, 0) is 31.4 Å². The number of fused-ring (bicyclic) bond motifs is 2. The lowest BCUT2D eigenvalue weighted by atomic mass is 9.95. The highest BCUT2D eigenvalue weighted by Gasteiger charge is 2.48. The van der Waals surface area contributed by atoms with Gasteiger partial charge in [-0.1, -0.05) is 0 Å². The number of carbonyl (C=O) groups is 1. The number of nitrogens with one attached hydrogen (secondary N) is 1. The van der Waals surface area contributed by atoms with E-state index in [1.165, 1.54) is 17.0 Å². The summed E-state index contributed by atoms with van der Waals surface area (Å²) in [4.78, 5) is 16.6. The first kappa shape index (κ1) is 13.1. The number of nitrogens with zero attached hydrogens (tertiary/aromatic N) is 2. The molecule has 2 saturated heterocycles. The quantitative estimate of drug-likeness (QED) is 0.895. The molecule has 0 spiro atoms. The molecule has 3 heterocycles. The van der Waals surface area contributed by atoms with Crippen molar-refractivity contribution in [1.82, 2.24) is 9.88 Å². The van der Waals surface area contributed by atoms with E-state index in [2.05, 4.69) is 10.3 Å². The summed E-state index contributed by atoms with van der Waals surface area (Å²) in [5.41, 5.74) is -0.115. The fraction of sp³-hybridized carbons (Fsp3) is 0.538. The smallest absolute Gasteiger partial charge is 0.407 e. The second-order valence-electron chi connectivity index (χ2n) is 5.25. The third-order valence-electron chi connectivity index (χ3n) is 4.13. The highest BCUT2D eigenvalue weighted by molar-refractivity contribution is 5.67. The summed E-state index contributed by atoms with van der Waals surface area (Å²) in [5, 5.41) is 12.3. The van der Waals surface area contributed by atoms with Gasteiger partial charge in [-0.25, -0.2) is 18.6 Å². The number of hydrogen-bond acceptors (Lipinski definition) is 3. The second kappa shape index (κ2) is 4.88. The molecule has 5 nitrogen and oxygen atoms in total. The minimum Gasteiger partial charge on any atom is -0.465 e. The molecule has 0 radical (unpaired) electrons. The van der Waals surface area contributed by atoms with Gasteiger partial charge in [0.05, 0.1) is 12.1 Å². The normalized spacial score (nSPS) is 28.1. The summed E-state index contributed by atoms with van der Waals surface area (Å²) >= 11 is 0. The first-order valence-corrected chi connectivity index (χ1v) is 6.58. The molecule has 0 aromatic carbocycles. The zero-order valence-electron chi connectivity index (χ0n) is 10.7. The van der Waals surface area contributed by atoms with Crippen LogP contribution >= 0.6 is 0 Å². The number of anilines is 1. The molecule has 7 heteroatoms. The maximum atomic E-state index is 12.4. The highest BCUT2D eigenvalue weighted by Crippen LogP contribution is 2.38. The maximum absolute atomic E-state index is 12.4. The summed E-state index contributed by atoms with van der Waals surface area (Å²) in [5.74, 6) is 0.511. The highest BCUT2D eigenvalue weighted by atomic mass is 19.3. The third kappa shape index (κ3) is 2.17. The van der Waals surface area contributed by atoms with Crippen molar-refractivity contribution in [3.05, 3.63) is 23.9 Å². The van der Waals surface area contributed by atoms with Gasteiger partial charge in [-0.3, -0.25) is 0 Å². The van der Waals surface area contributed by atoms with Crippen LogP contribution in [0, 0.1) is 0 Å². The van der Waals surface area contributed by atoms with Gasteiger partial charge in [0.15, 0.2) is 0 Å². The molecular formula is C13H15F2N3O2. The van der Waals surface area contributed by atoms with Crippen molar-refractivity contribution in [2.24, 2.45) is 0 Å². The fourth-order valence-electron chi connectivity index (χ4n) is 3.25. The topological polar surface area (TPSA) is 65.5 Å². The molecule has 3 rings (SSSR count). The number of rotatable bonds is 3. The lowest BCUT2D eigenvalue weighted by molar-refractivity contribution is 0.138. The number of carboxylic acid groups (broad SMARTS) is 1. The van der Waals surface area contributed by atoms with E-state index >= 15 is 0 Å². The first-order chi connectivity index (χ1) is 9.56. The molecular weight excluding hydrogens is 268 g/mol. The predicted molar refractivity (Wildman–Crippen MR) is 67.9 cm³/mol. The van der Waals surface area contributed by atoms with Crippen LogP contribution in [0.5, 0.6) is 0 Å². The lowest BCUT2D eigenvalue weighted by Crippen LogP contribution is -2.39. The van der Waals surface area contributed by atoms with Gasteiger partial charge in [-0.2, -0.15) is 0 Å². The number of hydrogen-bond donors (Lipinski definition) is 2. The van der Waals surface area contributed by atoms with Crippen molar-refractivity contribution in [3.63, 3.8) is 0 Å². The molecule has 1 aromatic rings. The summed E-state index contributed by atoms with van der Waals surface area (Å²) < 4.78 is 24.9. The number of aromatic nitrogens is 1. The Bertz CT molecular complexity index is 509. The van der Waals surface area contributed by atoms with E-state index in [4.69, 9.17) is 0 Å². The second-order valence-corrected chi connectivity index (χ2v) is 5.25. The van der Waals surface area contributed by atoms with Crippen LogP contribution in [0.15, 0.2) is 18.3 Å². The Morgan fingerprint density at radius 1 is 1.45 bits per heavy atom. The number of pyridine rings is 1. The molecule has 3 atom stereocenters. The lowest BCUT2D eigenvalue weighted by Gasteiger charge is -2.23. The Morgan fingerprint density at radius 3 is 2.80 bits per heavy atom. The van der Waals surface area contributed by atoms with Gasteiger partial charge in [0, 0.05) is 17.8 Å². The van der Waals surface area contributed by atoms with Gasteiger partial charge in [0.1, 0.15) is 5.82 Å². The minimum absolute atomic E-state index is 0.00903. The van der Waals surface area contributed by atoms with Crippen LogP contribution < -0.4 is 5.32 Å². The summed E-state index contributed by atoms with van der Waals surface area (Å²) in [6.07, 6.45) is 0.213. The Kier molecular flexibility index (Phi) is 3.19. The molecule has 2 aliphatic rings. The van der Waals surface area contributed by atoms with Crippen molar-refractivity contribution in [2.45, 2.75) is 43.8 Å². The van der Waals surface area contributed by atoms with E-state index in [9.17, 15) is 18.7 Å². The monoisotopic (exact) mass is 283 g/mol. The van der Waals surface area contributed by atoms with Gasteiger partial charge in [0.25, 0.3) is 6.43 Å². The van der Waals surface area contributed by atoms with Crippen molar-refractivity contribution >= 4 is 11.9 Å². The molecule has 1 amide bonds. The van der Waals surface area contributed by atoms with Crippen molar-refractivity contribution in [3.8, 4) is 0 Å². The third-order valence-corrected chi connectivity index (χ3v) is 4.13. The van der Waals surface area contributed by atoms with Crippen LogP contribution in [-0.4, -0.2) is 39.2 Å². The zero-order chi connectivity index (χ0) is 14.3. The van der Waals surface area contributed by atoms with Gasteiger partial charge >= 0.3 is 6.09 Å². The van der Waals surface area contributed by atoms with E-state index < -0.39 is 12.5 Å². The van der Waals surface area contributed by atoms with Gasteiger partial charge < -0.3 is 15.3 Å². The maximum Gasteiger partial charge on any atom is 0.407 e. The zero-order valence-corrected chi connectivity index (χ0v) is 10.7. The van der Waals surface area contributed by atoms with E-state index in [1.54, 1.807) is 0 Å². The first-order valence-electron chi connectivity index (χ1n) is 6.58.